The molecule has 2 aromatic rings. The molecule has 2 atom stereocenters. The van der Waals surface area contributed by atoms with Crippen molar-refractivity contribution in [2.75, 3.05) is 7.11 Å². The highest BCUT2D eigenvalue weighted by Gasteiger charge is 2.30. The van der Waals surface area contributed by atoms with E-state index in [1.165, 1.54) is 18.9 Å². The molecule has 20 heavy (non-hydrogen) atoms. The van der Waals surface area contributed by atoms with Crippen LogP contribution >= 0.6 is 11.8 Å². The number of carbonyl (C=O) groups is 1. The maximum absolute atomic E-state index is 11.9. The topological polar surface area (TPSA) is 46.5 Å². The van der Waals surface area contributed by atoms with Gasteiger partial charge in [0.2, 0.25) is 0 Å². The van der Waals surface area contributed by atoms with Crippen LogP contribution in [0.5, 0.6) is 0 Å². The highest BCUT2D eigenvalue weighted by atomic mass is 32.2. The van der Waals surface area contributed by atoms with Crippen LogP contribution in [-0.4, -0.2) is 23.4 Å². The maximum Gasteiger partial charge on any atom is 0.322 e. The van der Waals surface area contributed by atoms with Crippen LogP contribution in [0.25, 0.3) is 0 Å². The Morgan fingerprint density at radius 1 is 1.05 bits per heavy atom. The third-order valence-electron chi connectivity index (χ3n) is 2.87. The Morgan fingerprint density at radius 2 is 1.60 bits per heavy atom. The zero-order valence-corrected chi connectivity index (χ0v) is 11.9. The van der Waals surface area contributed by atoms with E-state index in [0.29, 0.717) is 5.56 Å². The second-order valence-corrected chi connectivity index (χ2v) is 5.45. The molecular formula is C16H16O3S. The van der Waals surface area contributed by atoms with Crippen molar-refractivity contribution in [2.45, 2.75) is 16.2 Å². The van der Waals surface area contributed by atoms with Gasteiger partial charge in [0.1, 0.15) is 11.4 Å². The van der Waals surface area contributed by atoms with Gasteiger partial charge in [-0.3, -0.25) is 4.79 Å². The number of hydrogen-bond donors (Lipinski definition) is 1. The number of hydrogen-bond acceptors (Lipinski definition) is 4. The first-order chi connectivity index (χ1) is 9.72. The van der Waals surface area contributed by atoms with E-state index in [1.807, 2.05) is 48.5 Å². The molecule has 0 saturated carbocycles. The first-order valence-corrected chi connectivity index (χ1v) is 7.13. The van der Waals surface area contributed by atoms with E-state index in [4.69, 9.17) is 4.74 Å². The number of benzene rings is 2. The normalized spacial score (nSPS) is 13.5. The molecule has 0 spiro atoms. The van der Waals surface area contributed by atoms with Crippen molar-refractivity contribution in [1.29, 1.82) is 0 Å². The molecule has 0 unspecified atom stereocenters. The van der Waals surface area contributed by atoms with Gasteiger partial charge in [-0.15, -0.1) is 11.8 Å². The van der Waals surface area contributed by atoms with E-state index in [-0.39, 0.29) is 0 Å². The summed E-state index contributed by atoms with van der Waals surface area (Å²) < 4.78 is 4.81. The molecule has 2 rings (SSSR count). The van der Waals surface area contributed by atoms with Crippen LogP contribution in [0.2, 0.25) is 0 Å². The summed E-state index contributed by atoms with van der Waals surface area (Å²) >= 11 is 1.30. The number of carbonyl (C=O) groups excluding carboxylic acids is 1. The zero-order valence-electron chi connectivity index (χ0n) is 11.1. The van der Waals surface area contributed by atoms with Gasteiger partial charge in [-0.2, -0.15) is 0 Å². The Bertz CT molecular complexity index is 542. The van der Waals surface area contributed by atoms with Gasteiger partial charge >= 0.3 is 5.97 Å². The van der Waals surface area contributed by atoms with Crippen molar-refractivity contribution >= 4 is 17.7 Å². The highest BCUT2D eigenvalue weighted by Crippen LogP contribution is 2.32. The summed E-state index contributed by atoms with van der Waals surface area (Å²) in [6, 6.07) is 18.6. The summed E-state index contributed by atoms with van der Waals surface area (Å²) in [7, 11) is 1.33. The van der Waals surface area contributed by atoms with E-state index in [0.717, 1.165) is 4.90 Å². The lowest BCUT2D eigenvalue weighted by molar-refractivity contribution is -0.142. The van der Waals surface area contributed by atoms with Crippen LogP contribution in [0, 0.1) is 0 Å². The molecule has 0 radical (unpaired) electrons. The fraction of sp³-hybridized carbons (Fsp3) is 0.188. The van der Waals surface area contributed by atoms with Crippen molar-refractivity contribution in [3.05, 3.63) is 66.2 Å². The second kappa shape index (κ2) is 7.12. The third-order valence-corrected chi connectivity index (χ3v) is 4.12. The molecule has 0 aliphatic heterocycles. The molecule has 0 fully saturated rings. The van der Waals surface area contributed by atoms with E-state index >= 15 is 0 Å². The Kier molecular flexibility index (Phi) is 5.21. The van der Waals surface area contributed by atoms with E-state index in [1.54, 1.807) is 12.1 Å². The summed E-state index contributed by atoms with van der Waals surface area (Å²) in [5.41, 5.74) is 0.700. The first-order valence-electron chi connectivity index (χ1n) is 6.25. The molecule has 0 aromatic heterocycles. The number of ether oxygens (including phenoxy) is 1. The number of methoxy groups -OCH3 is 1. The van der Waals surface area contributed by atoms with Crippen molar-refractivity contribution < 1.29 is 14.6 Å². The molecule has 1 N–H and O–H groups in total. The fourth-order valence-corrected chi connectivity index (χ4v) is 2.91. The molecule has 2 aromatic carbocycles. The average molecular weight is 288 g/mol. The van der Waals surface area contributed by atoms with E-state index in [2.05, 4.69) is 0 Å². The molecule has 3 nitrogen and oxygen atoms in total. The van der Waals surface area contributed by atoms with Gasteiger partial charge in [0.05, 0.1) is 7.11 Å². The van der Waals surface area contributed by atoms with Crippen LogP contribution in [-0.2, 0) is 9.53 Å². The van der Waals surface area contributed by atoms with Gasteiger partial charge in [-0.05, 0) is 17.7 Å². The summed E-state index contributed by atoms with van der Waals surface area (Å²) in [4.78, 5) is 12.8. The van der Waals surface area contributed by atoms with Crippen LogP contribution in [0.3, 0.4) is 0 Å². The fourth-order valence-electron chi connectivity index (χ4n) is 1.83. The lowest BCUT2D eigenvalue weighted by atomic mass is 10.1. The molecule has 0 aliphatic carbocycles. The zero-order chi connectivity index (χ0) is 14.4. The summed E-state index contributed by atoms with van der Waals surface area (Å²) in [6.45, 7) is 0. The standard InChI is InChI=1S/C16H16O3S/c1-19-16(18)15(20-13-10-6-3-7-11-13)14(17)12-8-4-2-5-9-12/h2-11,14-15,17H,1H3/t14-,15-/m0/s1. The molecule has 0 amide bonds. The molecule has 0 aliphatic rings. The maximum atomic E-state index is 11.9. The Morgan fingerprint density at radius 3 is 2.15 bits per heavy atom. The van der Waals surface area contributed by atoms with Crippen LogP contribution in [0.4, 0.5) is 0 Å². The summed E-state index contributed by atoms with van der Waals surface area (Å²) in [6.07, 6.45) is -0.908. The van der Waals surface area contributed by atoms with Crippen molar-refractivity contribution in [3.63, 3.8) is 0 Å². The van der Waals surface area contributed by atoms with Gasteiger partial charge in [-0.25, -0.2) is 0 Å². The van der Waals surface area contributed by atoms with Gasteiger partial charge in [0.25, 0.3) is 0 Å². The largest absolute Gasteiger partial charge is 0.468 e. The first kappa shape index (κ1) is 14.6. The summed E-state index contributed by atoms with van der Waals surface area (Å²) in [5, 5.41) is 9.73. The molecule has 104 valence electrons. The minimum absolute atomic E-state index is 0.435. The number of thioether (sulfide) groups is 1. The quantitative estimate of drug-likeness (QED) is 0.678. The van der Waals surface area contributed by atoms with E-state index < -0.39 is 17.3 Å². The molecule has 0 heterocycles. The Labute approximate surface area is 122 Å². The minimum Gasteiger partial charge on any atom is -0.468 e. The van der Waals surface area contributed by atoms with Gasteiger partial charge < -0.3 is 9.84 Å². The number of rotatable bonds is 5. The van der Waals surface area contributed by atoms with Crippen LogP contribution in [0.15, 0.2) is 65.6 Å². The SMILES string of the molecule is COC(=O)[C@@H](Sc1ccccc1)[C@@H](O)c1ccccc1. The van der Waals surface area contributed by atoms with Crippen molar-refractivity contribution in [1.82, 2.24) is 0 Å². The molecular weight excluding hydrogens is 272 g/mol. The van der Waals surface area contributed by atoms with Crippen LogP contribution in [0.1, 0.15) is 11.7 Å². The predicted molar refractivity (Wildman–Crippen MR) is 79.5 cm³/mol. The van der Waals surface area contributed by atoms with Gasteiger partial charge in [-0.1, -0.05) is 48.5 Å². The van der Waals surface area contributed by atoms with Crippen molar-refractivity contribution in [3.8, 4) is 0 Å². The highest BCUT2D eigenvalue weighted by molar-refractivity contribution is 8.00. The Hall–Kier alpha value is -1.78. The van der Waals surface area contributed by atoms with Crippen LogP contribution < -0.4 is 0 Å². The molecule has 0 bridgehead atoms. The third kappa shape index (κ3) is 3.62. The second-order valence-electron chi connectivity index (χ2n) is 4.23. The molecule has 0 saturated heterocycles. The van der Waals surface area contributed by atoms with Crippen molar-refractivity contribution in [2.24, 2.45) is 0 Å². The summed E-state index contributed by atoms with van der Waals surface area (Å²) in [5.74, 6) is -0.435. The van der Waals surface area contributed by atoms with Gasteiger partial charge in [0.15, 0.2) is 0 Å². The number of aliphatic hydroxyl groups is 1. The monoisotopic (exact) mass is 288 g/mol. The average Bonchev–Trinajstić information content (AvgIpc) is 2.53. The predicted octanol–water partition coefficient (Wildman–Crippen LogP) is 3.05. The minimum atomic E-state index is -0.908. The number of esters is 1. The smallest absolute Gasteiger partial charge is 0.322 e. The lowest BCUT2D eigenvalue weighted by Crippen LogP contribution is -2.26. The molecule has 4 heteroatoms. The number of aliphatic hydroxyl groups excluding tert-OH is 1. The van der Waals surface area contributed by atoms with Gasteiger partial charge in [0, 0.05) is 4.90 Å². The lowest BCUT2D eigenvalue weighted by Gasteiger charge is -2.20. The Balaban J connectivity index is 2.22. The van der Waals surface area contributed by atoms with E-state index in [9.17, 15) is 9.90 Å².